The Morgan fingerprint density at radius 3 is 3.06 bits per heavy atom. The Morgan fingerprint density at radius 1 is 1.67 bits per heavy atom. The number of nitrogens with one attached hydrogen (secondary N) is 1. The van der Waals surface area contributed by atoms with Crippen molar-refractivity contribution in [3.8, 4) is 0 Å². The van der Waals surface area contributed by atoms with Crippen LogP contribution in [0.1, 0.15) is 12.5 Å². The number of carbonyl (C=O) groups excluding carboxylic acids is 1. The summed E-state index contributed by atoms with van der Waals surface area (Å²) in [6.07, 6.45) is 8.39. The lowest BCUT2D eigenvalue weighted by atomic mass is 10.1. The summed E-state index contributed by atoms with van der Waals surface area (Å²) in [5.74, 6) is 0.361. The van der Waals surface area contributed by atoms with Gasteiger partial charge in [-0.2, -0.15) is 11.8 Å². The van der Waals surface area contributed by atoms with Gasteiger partial charge in [0.2, 0.25) is 5.91 Å². The lowest BCUT2D eigenvalue weighted by molar-refractivity contribution is -0.117. The summed E-state index contributed by atoms with van der Waals surface area (Å²) in [6.45, 7) is 1.94. The van der Waals surface area contributed by atoms with Crippen molar-refractivity contribution in [3.05, 3.63) is 36.2 Å². The highest BCUT2D eigenvalue weighted by molar-refractivity contribution is 7.98. The van der Waals surface area contributed by atoms with Crippen LogP contribution in [0.5, 0.6) is 0 Å². The van der Waals surface area contributed by atoms with Gasteiger partial charge in [0.05, 0.1) is 5.60 Å². The van der Waals surface area contributed by atoms with Crippen molar-refractivity contribution in [2.24, 2.45) is 0 Å². The number of thioether (sulfide) groups is 1. The van der Waals surface area contributed by atoms with Crippen molar-refractivity contribution >= 4 is 23.7 Å². The molecule has 1 heterocycles. The maximum absolute atomic E-state index is 11.5. The van der Waals surface area contributed by atoms with Crippen LogP contribution >= 0.6 is 11.8 Å². The minimum absolute atomic E-state index is 0.222. The van der Waals surface area contributed by atoms with E-state index in [0.717, 1.165) is 5.56 Å². The topological polar surface area (TPSA) is 62.2 Å². The molecule has 0 aliphatic carbocycles. The van der Waals surface area contributed by atoms with Gasteiger partial charge in [-0.1, -0.05) is 6.07 Å². The largest absolute Gasteiger partial charge is 0.387 e. The van der Waals surface area contributed by atoms with E-state index in [1.165, 1.54) is 6.08 Å². The van der Waals surface area contributed by atoms with Gasteiger partial charge in [0.1, 0.15) is 0 Å². The lowest BCUT2D eigenvalue weighted by Crippen LogP contribution is -2.41. The molecule has 1 amide bonds. The Hall–Kier alpha value is -1.33. The molecule has 0 spiro atoms. The van der Waals surface area contributed by atoms with Crippen LogP contribution in [0.25, 0.3) is 6.08 Å². The molecule has 98 valence electrons. The van der Waals surface area contributed by atoms with E-state index in [-0.39, 0.29) is 12.5 Å². The van der Waals surface area contributed by atoms with Crippen molar-refractivity contribution < 1.29 is 9.90 Å². The number of carbonyl (C=O) groups is 1. The van der Waals surface area contributed by atoms with Crippen molar-refractivity contribution in [1.29, 1.82) is 0 Å². The summed E-state index contributed by atoms with van der Waals surface area (Å²) in [4.78, 5) is 15.5. The third-order valence-electron chi connectivity index (χ3n) is 2.21. The number of pyridine rings is 1. The third kappa shape index (κ3) is 5.84. The average molecular weight is 266 g/mol. The number of aliphatic hydroxyl groups is 1. The van der Waals surface area contributed by atoms with Gasteiger partial charge in [-0.15, -0.1) is 0 Å². The summed E-state index contributed by atoms with van der Waals surface area (Å²) in [5.41, 5.74) is -0.0134. The molecular weight excluding hydrogens is 248 g/mol. The van der Waals surface area contributed by atoms with Crippen LogP contribution in [0.15, 0.2) is 30.6 Å². The summed E-state index contributed by atoms with van der Waals surface area (Å²) in [6, 6.07) is 3.67. The van der Waals surface area contributed by atoms with Gasteiger partial charge in [0.25, 0.3) is 0 Å². The smallest absolute Gasteiger partial charge is 0.244 e. The number of nitrogens with zero attached hydrogens (tertiary/aromatic N) is 1. The molecule has 0 radical (unpaired) electrons. The molecule has 1 aromatic heterocycles. The predicted octanol–water partition coefficient (Wildman–Crippen LogP) is 1.32. The zero-order valence-electron chi connectivity index (χ0n) is 10.6. The van der Waals surface area contributed by atoms with Gasteiger partial charge >= 0.3 is 0 Å². The van der Waals surface area contributed by atoms with Crippen LogP contribution in [-0.4, -0.2) is 40.2 Å². The summed E-state index contributed by atoms with van der Waals surface area (Å²) in [7, 11) is 0. The standard InChI is InChI=1S/C13H18N2O2S/c1-13(17,10-18-2)9-15-12(16)6-5-11-4-3-7-14-8-11/h3-8,17H,9-10H2,1-2H3,(H,15,16). The molecule has 0 saturated carbocycles. The van der Waals surface area contributed by atoms with Crippen LogP contribution in [0, 0.1) is 0 Å². The Kier molecular flexibility index (Phi) is 5.88. The van der Waals surface area contributed by atoms with Gasteiger partial charge in [-0.05, 0) is 30.9 Å². The molecule has 1 rings (SSSR count). The first-order valence-electron chi connectivity index (χ1n) is 5.61. The predicted molar refractivity (Wildman–Crippen MR) is 75.3 cm³/mol. The highest BCUT2D eigenvalue weighted by atomic mass is 32.2. The summed E-state index contributed by atoms with van der Waals surface area (Å²) in [5, 5.41) is 12.5. The van der Waals surface area contributed by atoms with Crippen LogP contribution in [0.3, 0.4) is 0 Å². The molecule has 18 heavy (non-hydrogen) atoms. The van der Waals surface area contributed by atoms with E-state index in [4.69, 9.17) is 0 Å². The molecule has 0 aliphatic heterocycles. The molecule has 4 nitrogen and oxygen atoms in total. The fourth-order valence-corrected chi connectivity index (χ4v) is 2.07. The average Bonchev–Trinajstić information content (AvgIpc) is 2.35. The van der Waals surface area contributed by atoms with Crippen molar-refractivity contribution in [3.63, 3.8) is 0 Å². The minimum atomic E-state index is -0.878. The molecule has 0 aromatic carbocycles. The maximum Gasteiger partial charge on any atom is 0.244 e. The first kappa shape index (κ1) is 14.7. The minimum Gasteiger partial charge on any atom is -0.387 e. The SMILES string of the molecule is CSCC(C)(O)CNC(=O)C=Cc1cccnc1. The molecule has 5 heteroatoms. The molecule has 1 aromatic rings. The number of rotatable bonds is 6. The second kappa shape index (κ2) is 7.18. The van der Waals surface area contributed by atoms with Gasteiger partial charge in [0, 0.05) is 30.8 Å². The Balaban J connectivity index is 2.41. The number of hydrogen-bond acceptors (Lipinski definition) is 4. The van der Waals surface area contributed by atoms with Crippen LogP contribution in [0.4, 0.5) is 0 Å². The van der Waals surface area contributed by atoms with E-state index in [0.29, 0.717) is 5.75 Å². The zero-order chi connectivity index (χ0) is 13.4. The zero-order valence-corrected chi connectivity index (χ0v) is 11.4. The highest BCUT2D eigenvalue weighted by Gasteiger charge is 2.19. The molecule has 0 fully saturated rings. The molecule has 1 atom stereocenters. The summed E-state index contributed by atoms with van der Waals surface area (Å²) >= 11 is 1.54. The normalized spacial score (nSPS) is 14.4. The first-order valence-corrected chi connectivity index (χ1v) is 7.00. The second-order valence-corrected chi connectivity index (χ2v) is 5.13. The summed E-state index contributed by atoms with van der Waals surface area (Å²) < 4.78 is 0. The highest BCUT2D eigenvalue weighted by Crippen LogP contribution is 2.08. The monoisotopic (exact) mass is 266 g/mol. The maximum atomic E-state index is 11.5. The van der Waals surface area contributed by atoms with Crippen molar-refractivity contribution in [2.45, 2.75) is 12.5 Å². The van der Waals surface area contributed by atoms with Gasteiger partial charge < -0.3 is 10.4 Å². The molecule has 1 unspecified atom stereocenters. The quantitative estimate of drug-likeness (QED) is 0.762. The number of hydrogen-bond donors (Lipinski definition) is 2. The van der Waals surface area contributed by atoms with Gasteiger partial charge in [0.15, 0.2) is 0 Å². The third-order valence-corrected chi connectivity index (χ3v) is 3.12. The second-order valence-electron chi connectivity index (χ2n) is 4.27. The van der Waals surface area contributed by atoms with E-state index >= 15 is 0 Å². The van der Waals surface area contributed by atoms with E-state index in [1.807, 2.05) is 12.3 Å². The van der Waals surface area contributed by atoms with Crippen molar-refractivity contribution in [2.75, 3.05) is 18.6 Å². The molecule has 2 N–H and O–H groups in total. The molecule has 0 saturated heterocycles. The lowest BCUT2D eigenvalue weighted by Gasteiger charge is -2.21. The fraction of sp³-hybridized carbons (Fsp3) is 0.385. The molecule has 0 bridgehead atoms. The van der Waals surface area contributed by atoms with Crippen LogP contribution < -0.4 is 5.32 Å². The van der Waals surface area contributed by atoms with E-state index < -0.39 is 5.60 Å². The number of amides is 1. The first-order chi connectivity index (χ1) is 8.53. The number of aromatic nitrogens is 1. The fourth-order valence-electron chi connectivity index (χ4n) is 1.34. The van der Waals surface area contributed by atoms with Crippen LogP contribution in [0.2, 0.25) is 0 Å². The Bertz CT molecular complexity index is 405. The Morgan fingerprint density at radius 2 is 2.44 bits per heavy atom. The van der Waals surface area contributed by atoms with Gasteiger partial charge in [-0.25, -0.2) is 0 Å². The van der Waals surface area contributed by atoms with Crippen molar-refractivity contribution in [1.82, 2.24) is 10.3 Å². The van der Waals surface area contributed by atoms with E-state index in [9.17, 15) is 9.90 Å². The van der Waals surface area contributed by atoms with Gasteiger partial charge in [-0.3, -0.25) is 9.78 Å². The van der Waals surface area contributed by atoms with E-state index in [1.54, 1.807) is 43.2 Å². The Labute approximate surface area is 112 Å². The molecular formula is C13H18N2O2S. The van der Waals surface area contributed by atoms with E-state index in [2.05, 4.69) is 10.3 Å². The van der Waals surface area contributed by atoms with Crippen LogP contribution in [-0.2, 0) is 4.79 Å². The molecule has 0 aliphatic rings.